The van der Waals surface area contributed by atoms with Gasteiger partial charge in [-0.1, -0.05) is 6.08 Å². The summed E-state index contributed by atoms with van der Waals surface area (Å²) < 4.78 is 0. The minimum atomic E-state index is -0.877. The first-order valence-electron chi connectivity index (χ1n) is 3.88. The van der Waals surface area contributed by atoms with Crippen molar-refractivity contribution in [3.8, 4) is 0 Å². The van der Waals surface area contributed by atoms with Crippen LogP contribution in [0.4, 0.5) is 0 Å². The molecule has 1 N–H and O–H groups in total. The predicted molar refractivity (Wildman–Crippen MR) is 42.3 cm³/mol. The van der Waals surface area contributed by atoms with E-state index in [9.17, 15) is 9.59 Å². The van der Waals surface area contributed by atoms with Crippen LogP contribution in [-0.4, -0.2) is 28.4 Å². The van der Waals surface area contributed by atoms with Crippen molar-refractivity contribution in [2.24, 2.45) is 0 Å². The summed E-state index contributed by atoms with van der Waals surface area (Å²) in [6, 6.07) is 0. The smallest absolute Gasteiger partial charge is 0.307 e. The highest BCUT2D eigenvalue weighted by molar-refractivity contribution is 5.79. The lowest BCUT2D eigenvalue weighted by Crippen LogP contribution is -2.17. The minimum Gasteiger partial charge on any atom is -0.481 e. The Labute approximate surface area is 70.5 Å². The van der Waals surface area contributed by atoms with Gasteiger partial charge in [-0.05, 0) is 6.42 Å². The summed E-state index contributed by atoms with van der Waals surface area (Å²) in [5.41, 5.74) is 0. The van der Waals surface area contributed by atoms with E-state index in [1.54, 1.807) is 11.1 Å². The van der Waals surface area contributed by atoms with Crippen LogP contribution in [0.25, 0.3) is 0 Å². The molecule has 1 aliphatic heterocycles. The van der Waals surface area contributed by atoms with Crippen LogP contribution in [0.15, 0.2) is 12.3 Å². The van der Waals surface area contributed by atoms with Crippen molar-refractivity contribution >= 4 is 11.9 Å². The van der Waals surface area contributed by atoms with E-state index in [0.29, 0.717) is 6.42 Å². The predicted octanol–water partition coefficient (Wildman–Crippen LogP) is 0.597. The number of carboxylic acid groups (broad SMARTS) is 1. The normalized spacial score (nSPS) is 17.7. The van der Waals surface area contributed by atoms with E-state index in [0.717, 1.165) is 13.0 Å². The highest BCUT2D eigenvalue weighted by Crippen LogP contribution is 2.09. The van der Waals surface area contributed by atoms with Crippen molar-refractivity contribution in [1.29, 1.82) is 0 Å². The fourth-order valence-electron chi connectivity index (χ4n) is 1.11. The molecule has 0 unspecified atom stereocenters. The monoisotopic (exact) mass is 169 g/mol. The average molecular weight is 169 g/mol. The van der Waals surface area contributed by atoms with Gasteiger partial charge in [-0.3, -0.25) is 9.59 Å². The molecule has 4 nitrogen and oxygen atoms in total. The number of carbonyl (C=O) groups is 2. The molecule has 0 aromatic heterocycles. The van der Waals surface area contributed by atoms with Crippen molar-refractivity contribution in [1.82, 2.24) is 4.90 Å². The second kappa shape index (κ2) is 3.90. The Balaban J connectivity index is 2.34. The number of amides is 1. The molecule has 0 spiro atoms. The Kier molecular flexibility index (Phi) is 2.85. The number of hydrogen-bond donors (Lipinski definition) is 1. The van der Waals surface area contributed by atoms with Crippen LogP contribution in [0.2, 0.25) is 0 Å². The van der Waals surface area contributed by atoms with E-state index in [1.165, 1.54) is 6.08 Å². The second-order valence-corrected chi connectivity index (χ2v) is 2.67. The fraction of sp³-hybridized carbons (Fsp3) is 0.500. The topological polar surface area (TPSA) is 57.6 Å². The lowest BCUT2D eigenvalue weighted by atomic mass is 10.4. The maximum absolute atomic E-state index is 11.0. The van der Waals surface area contributed by atoms with Crippen molar-refractivity contribution < 1.29 is 14.7 Å². The Bertz CT molecular complexity index is 222. The maximum atomic E-state index is 11.0. The number of carboxylic acids is 1. The molecular formula is C8H11NO3. The van der Waals surface area contributed by atoms with Crippen molar-refractivity contribution in [3.63, 3.8) is 0 Å². The Morgan fingerprint density at radius 1 is 1.67 bits per heavy atom. The van der Waals surface area contributed by atoms with Crippen LogP contribution in [0.5, 0.6) is 0 Å². The SMILES string of the molecule is O=C(O)CC=CN1CCCC1=O. The molecule has 1 heterocycles. The van der Waals surface area contributed by atoms with Gasteiger partial charge in [0.05, 0.1) is 6.42 Å². The molecule has 1 rings (SSSR count). The summed E-state index contributed by atoms with van der Waals surface area (Å²) >= 11 is 0. The van der Waals surface area contributed by atoms with Crippen LogP contribution in [0.3, 0.4) is 0 Å². The highest BCUT2D eigenvalue weighted by atomic mass is 16.4. The fourth-order valence-corrected chi connectivity index (χ4v) is 1.11. The summed E-state index contributed by atoms with van der Waals surface area (Å²) in [6.07, 6.45) is 4.48. The second-order valence-electron chi connectivity index (χ2n) is 2.67. The molecule has 12 heavy (non-hydrogen) atoms. The van der Waals surface area contributed by atoms with Gasteiger partial charge in [-0.2, -0.15) is 0 Å². The lowest BCUT2D eigenvalue weighted by molar-refractivity contribution is -0.136. The summed E-state index contributed by atoms with van der Waals surface area (Å²) in [7, 11) is 0. The summed E-state index contributed by atoms with van der Waals surface area (Å²) in [4.78, 5) is 22.6. The molecule has 4 heteroatoms. The van der Waals surface area contributed by atoms with E-state index >= 15 is 0 Å². The number of hydrogen-bond acceptors (Lipinski definition) is 2. The molecule has 0 aromatic carbocycles. The molecule has 1 aliphatic rings. The van der Waals surface area contributed by atoms with Crippen LogP contribution in [-0.2, 0) is 9.59 Å². The third-order valence-corrected chi connectivity index (χ3v) is 1.69. The third kappa shape index (κ3) is 2.38. The number of rotatable bonds is 3. The molecule has 0 aromatic rings. The van der Waals surface area contributed by atoms with Gasteiger partial charge in [0.25, 0.3) is 0 Å². The quantitative estimate of drug-likeness (QED) is 0.673. The maximum Gasteiger partial charge on any atom is 0.307 e. The standard InChI is InChI=1S/C8H11NO3/c10-7-3-1-5-9(7)6-2-4-8(11)12/h2,6H,1,3-5H2,(H,11,12). The Hall–Kier alpha value is -1.32. The first-order chi connectivity index (χ1) is 5.70. The average Bonchev–Trinajstić information content (AvgIpc) is 2.36. The minimum absolute atomic E-state index is 0.0240. The van der Waals surface area contributed by atoms with Gasteiger partial charge in [0.1, 0.15) is 0 Å². The van der Waals surface area contributed by atoms with Crippen LogP contribution in [0.1, 0.15) is 19.3 Å². The number of carbonyl (C=O) groups excluding carboxylic acids is 1. The molecular weight excluding hydrogens is 158 g/mol. The van der Waals surface area contributed by atoms with Crippen molar-refractivity contribution in [2.45, 2.75) is 19.3 Å². The molecule has 0 bridgehead atoms. The van der Waals surface area contributed by atoms with Gasteiger partial charge >= 0.3 is 5.97 Å². The number of likely N-dealkylation sites (tertiary alicyclic amines) is 1. The highest BCUT2D eigenvalue weighted by Gasteiger charge is 2.16. The van der Waals surface area contributed by atoms with E-state index in [1.807, 2.05) is 0 Å². The van der Waals surface area contributed by atoms with Crippen LogP contribution < -0.4 is 0 Å². The number of aliphatic carboxylic acids is 1. The molecule has 66 valence electrons. The van der Waals surface area contributed by atoms with E-state index in [4.69, 9.17) is 5.11 Å². The molecule has 0 aliphatic carbocycles. The van der Waals surface area contributed by atoms with E-state index in [2.05, 4.69) is 0 Å². The zero-order valence-corrected chi connectivity index (χ0v) is 6.69. The Morgan fingerprint density at radius 3 is 2.92 bits per heavy atom. The van der Waals surface area contributed by atoms with Crippen LogP contribution >= 0.6 is 0 Å². The van der Waals surface area contributed by atoms with E-state index < -0.39 is 5.97 Å². The largest absolute Gasteiger partial charge is 0.481 e. The first-order valence-corrected chi connectivity index (χ1v) is 3.88. The zero-order valence-electron chi connectivity index (χ0n) is 6.69. The molecule has 0 atom stereocenters. The molecule has 0 radical (unpaired) electrons. The number of nitrogens with zero attached hydrogens (tertiary/aromatic N) is 1. The van der Waals surface area contributed by atoms with E-state index in [-0.39, 0.29) is 12.3 Å². The van der Waals surface area contributed by atoms with Gasteiger partial charge in [0, 0.05) is 19.2 Å². The Morgan fingerprint density at radius 2 is 2.42 bits per heavy atom. The van der Waals surface area contributed by atoms with Gasteiger partial charge < -0.3 is 10.0 Å². The van der Waals surface area contributed by atoms with Gasteiger partial charge in [0.2, 0.25) is 5.91 Å². The van der Waals surface area contributed by atoms with Gasteiger partial charge in [-0.25, -0.2) is 0 Å². The summed E-state index contributed by atoms with van der Waals surface area (Å²) in [5, 5.41) is 8.30. The van der Waals surface area contributed by atoms with Gasteiger partial charge in [0.15, 0.2) is 0 Å². The third-order valence-electron chi connectivity index (χ3n) is 1.69. The lowest BCUT2D eigenvalue weighted by Gasteiger charge is -2.07. The zero-order chi connectivity index (χ0) is 8.97. The van der Waals surface area contributed by atoms with Gasteiger partial charge in [-0.15, -0.1) is 0 Å². The van der Waals surface area contributed by atoms with Crippen molar-refractivity contribution in [3.05, 3.63) is 12.3 Å². The van der Waals surface area contributed by atoms with Crippen molar-refractivity contribution in [2.75, 3.05) is 6.54 Å². The molecule has 1 fully saturated rings. The molecule has 1 amide bonds. The molecule has 0 saturated carbocycles. The first kappa shape index (κ1) is 8.77. The summed E-state index contributed by atoms with van der Waals surface area (Å²) in [6.45, 7) is 0.717. The van der Waals surface area contributed by atoms with Crippen LogP contribution in [0, 0.1) is 0 Å². The summed E-state index contributed by atoms with van der Waals surface area (Å²) in [5.74, 6) is -0.797. The molecule has 1 saturated heterocycles.